The number of ketones is 1. The third-order valence-electron chi connectivity index (χ3n) is 4.50. The summed E-state index contributed by atoms with van der Waals surface area (Å²) >= 11 is 0. The predicted molar refractivity (Wildman–Crippen MR) is 89.5 cm³/mol. The van der Waals surface area contributed by atoms with Gasteiger partial charge in [0.15, 0.2) is 31.7 Å². The second kappa shape index (κ2) is 6.05. The van der Waals surface area contributed by atoms with Crippen LogP contribution in [0.4, 0.5) is 0 Å². The van der Waals surface area contributed by atoms with Gasteiger partial charge in [-0.2, -0.15) is 0 Å². The van der Waals surface area contributed by atoms with Crippen LogP contribution in [0.2, 0.25) is 18.1 Å². The summed E-state index contributed by atoms with van der Waals surface area (Å²) < 4.78 is 17.9. The third kappa shape index (κ3) is 3.70. The van der Waals surface area contributed by atoms with Gasteiger partial charge >= 0.3 is 0 Å². The van der Waals surface area contributed by atoms with Crippen molar-refractivity contribution in [1.82, 2.24) is 0 Å². The van der Waals surface area contributed by atoms with Crippen molar-refractivity contribution in [3.8, 4) is 11.5 Å². The topological polar surface area (TPSA) is 44.8 Å². The Bertz CT molecular complexity index is 560. The summed E-state index contributed by atoms with van der Waals surface area (Å²) in [5.74, 6) is 1.34. The molecule has 5 heteroatoms. The van der Waals surface area contributed by atoms with E-state index in [0.29, 0.717) is 30.3 Å². The molecule has 1 aliphatic heterocycles. The van der Waals surface area contributed by atoms with Crippen molar-refractivity contribution >= 4 is 14.1 Å². The number of carbonyl (C=O) groups is 1. The maximum Gasteiger partial charge on any atom is 0.192 e. The Morgan fingerprint density at radius 1 is 1.32 bits per heavy atom. The first kappa shape index (κ1) is 17.0. The van der Waals surface area contributed by atoms with E-state index in [0.717, 1.165) is 0 Å². The van der Waals surface area contributed by atoms with Gasteiger partial charge in [0.05, 0.1) is 6.61 Å². The lowest BCUT2D eigenvalue weighted by Crippen LogP contribution is -2.45. The zero-order valence-electron chi connectivity index (χ0n) is 14.4. The Morgan fingerprint density at radius 2 is 2.00 bits per heavy atom. The van der Waals surface area contributed by atoms with Crippen LogP contribution in [0, 0.1) is 0 Å². The minimum Gasteiger partial charge on any atom is -0.486 e. The van der Waals surface area contributed by atoms with Gasteiger partial charge in [-0.15, -0.1) is 0 Å². The Morgan fingerprint density at radius 3 is 2.59 bits per heavy atom. The lowest BCUT2D eigenvalue weighted by atomic mass is 10.1. The highest BCUT2D eigenvalue weighted by molar-refractivity contribution is 6.74. The second-order valence-electron chi connectivity index (χ2n) is 7.34. The number of Topliss-reactive ketones (excluding diaryl/α,β-unsaturated/α-hetero) is 1. The van der Waals surface area contributed by atoms with Crippen molar-refractivity contribution in [2.45, 2.75) is 51.9 Å². The molecule has 0 N–H and O–H groups in total. The molecule has 1 heterocycles. The minimum absolute atomic E-state index is 0.0195. The first-order valence-electron chi connectivity index (χ1n) is 7.68. The Balaban J connectivity index is 2.03. The van der Waals surface area contributed by atoms with Crippen LogP contribution in [0.3, 0.4) is 0 Å². The van der Waals surface area contributed by atoms with E-state index in [9.17, 15) is 4.79 Å². The maximum absolute atomic E-state index is 11.5. The summed E-state index contributed by atoms with van der Waals surface area (Å²) in [6, 6.07) is 5.30. The van der Waals surface area contributed by atoms with Crippen LogP contribution < -0.4 is 9.47 Å². The van der Waals surface area contributed by atoms with E-state index < -0.39 is 8.32 Å². The number of hydrogen-bond acceptors (Lipinski definition) is 4. The summed E-state index contributed by atoms with van der Waals surface area (Å²) in [6.07, 6.45) is -0.135. The fourth-order valence-corrected chi connectivity index (χ4v) is 2.97. The van der Waals surface area contributed by atoms with E-state index in [2.05, 4.69) is 33.9 Å². The number of benzene rings is 1. The Labute approximate surface area is 133 Å². The van der Waals surface area contributed by atoms with Gasteiger partial charge in [-0.05, 0) is 43.3 Å². The van der Waals surface area contributed by atoms with Crippen LogP contribution in [0.1, 0.15) is 38.1 Å². The van der Waals surface area contributed by atoms with Gasteiger partial charge in [0, 0.05) is 5.56 Å². The van der Waals surface area contributed by atoms with Crippen LogP contribution in [0.25, 0.3) is 0 Å². The molecule has 0 amide bonds. The lowest BCUT2D eigenvalue weighted by molar-refractivity contribution is 0.0491. The molecule has 0 fully saturated rings. The summed E-state index contributed by atoms with van der Waals surface area (Å²) in [4.78, 5) is 11.5. The highest BCUT2D eigenvalue weighted by Gasteiger charge is 2.38. The van der Waals surface area contributed by atoms with E-state index in [1.54, 1.807) is 25.1 Å². The molecule has 0 bridgehead atoms. The monoisotopic (exact) mass is 322 g/mol. The normalized spacial score (nSPS) is 18.2. The number of fused-ring (bicyclic) bond motifs is 1. The van der Waals surface area contributed by atoms with Gasteiger partial charge in [0.25, 0.3) is 0 Å². The summed E-state index contributed by atoms with van der Waals surface area (Å²) in [5.41, 5.74) is 0.633. The molecule has 0 saturated heterocycles. The van der Waals surface area contributed by atoms with Crippen molar-refractivity contribution in [2.24, 2.45) is 0 Å². The van der Waals surface area contributed by atoms with Crippen molar-refractivity contribution in [2.75, 3.05) is 13.2 Å². The van der Waals surface area contributed by atoms with Crippen LogP contribution in [0.5, 0.6) is 11.5 Å². The van der Waals surface area contributed by atoms with Crippen LogP contribution in [-0.4, -0.2) is 33.4 Å². The van der Waals surface area contributed by atoms with Gasteiger partial charge < -0.3 is 13.9 Å². The molecule has 4 nitrogen and oxygen atoms in total. The molecule has 1 aromatic carbocycles. The van der Waals surface area contributed by atoms with E-state index >= 15 is 0 Å². The van der Waals surface area contributed by atoms with Crippen molar-refractivity contribution in [3.63, 3.8) is 0 Å². The zero-order chi connectivity index (χ0) is 16.5. The molecule has 0 spiro atoms. The number of hydrogen-bond donors (Lipinski definition) is 0. The van der Waals surface area contributed by atoms with E-state index in [1.165, 1.54) is 0 Å². The predicted octanol–water partition coefficient (Wildman–Crippen LogP) is 4.05. The highest BCUT2D eigenvalue weighted by atomic mass is 28.4. The molecule has 1 aliphatic rings. The molecule has 22 heavy (non-hydrogen) atoms. The van der Waals surface area contributed by atoms with Gasteiger partial charge in [0.1, 0.15) is 6.61 Å². The fourth-order valence-electron chi connectivity index (χ4n) is 1.93. The number of rotatable bonds is 4. The van der Waals surface area contributed by atoms with Gasteiger partial charge in [-0.1, -0.05) is 20.8 Å². The maximum atomic E-state index is 11.5. The summed E-state index contributed by atoms with van der Waals surface area (Å²) in [7, 11) is -1.80. The first-order chi connectivity index (χ1) is 10.1. The fraction of sp³-hybridized carbons (Fsp3) is 0.588. The average Bonchev–Trinajstić information content (AvgIpc) is 2.43. The SMILES string of the molecule is CC(=O)c1ccc2c(c1)OC(CO[Si](C)(C)C(C)(C)C)CO2. The number of carbonyl (C=O) groups excluding carboxylic acids is 1. The third-order valence-corrected chi connectivity index (χ3v) is 9.01. The smallest absolute Gasteiger partial charge is 0.192 e. The Hall–Kier alpha value is -1.33. The Kier molecular flexibility index (Phi) is 4.68. The van der Waals surface area contributed by atoms with Gasteiger partial charge in [0.2, 0.25) is 0 Å². The molecule has 2 rings (SSSR count). The molecule has 0 saturated carbocycles. The zero-order valence-corrected chi connectivity index (χ0v) is 15.4. The molecule has 122 valence electrons. The summed E-state index contributed by atoms with van der Waals surface area (Å²) in [5, 5.41) is 0.169. The van der Waals surface area contributed by atoms with Crippen LogP contribution in [-0.2, 0) is 4.43 Å². The van der Waals surface area contributed by atoms with E-state index in [4.69, 9.17) is 13.9 Å². The molecule has 0 radical (unpaired) electrons. The summed E-state index contributed by atoms with van der Waals surface area (Å²) in [6.45, 7) is 13.6. The number of ether oxygens (including phenoxy) is 2. The van der Waals surface area contributed by atoms with E-state index in [1.807, 2.05) is 0 Å². The molecular weight excluding hydrogens is 296 g/mol. The molecule has 1 aromatic rings. The van der Waals surface area contributed by atoms with Gasteiger partial charge in [-0.3, -0.25) is 4.79 Å². The highest BCUT2D eigenvalue weighted by Crippen LogP contribution is 2.37. The lowest BCUT2D eigenvalue weighted by Gasteiger charge is -2.37. The van der Waals surface area contributed by atoms with Crippen molar-refractivity contribution < 1.29 is 18.7 Å². The quantitative estimate of drug-likeness (QED) is 0.619. The molecule has 1 atom stereocenters. The molecular formula is C17H26O4Si. The van der Waals surface area contributed by atoms with Gasteiger partial charge in [-0.25, -0.2) is 0 Å². The largest absolute Gasteiger partial charge is 0.486 e. The van der Waals surface area contributed by atoms with E-state index in [-0.39, 0.29) is 16.9 Å². The average molecular weight is 322 g/mol. The second-order valence-corrected chi connectivity index (χ2v) is 12.1. The van der Waals surface area contributed by atoms with Crippen molar-refractivity contribution in [1.29, 1.82) is 0 Å². The van der Waals surface area contributed by atoms with Crippen molar-refractivity contribution in [3.05, 3.63) is 23.8 Å². The first-order valence-corrected chi connectivity index (χ1v) is 10.6. The van der Waals surface area contributed by atoms with Crippen LogP contribution >= 0.6 is 0 Å². The molecule has 1 unspecified atom stereocenters. The van der Waals surface area contributed by atoms with Crippen LogP contribution in [0.15, 0.2) is 18.2 Å². The molecule has 0 aliphatic carbocycles. The standard InChI is InChI=1S/C17H26O4Si/c1-12(18)13-7-8-15-16(9-13)21-14(10-19-15)11-20-22(5,6)17(2,3)4/h7-9,14H,10-11H2,1-6H3. The molecule has 0 aromatic heterocycles. The minimum atomic E-state index is -1.80.